The fourth-order valence-corrected chi connectivity index (χ4v) is 4.22. The van der Waals surface area contributed by atoms with E-state index >= 15 is 0 Å². The summed E-state index contributed by atoms with van der Waals surface area (Å²) in [5.41, 5.74) is 0.688. The van der Waals surface area contributed by atoms with Crippen LogP contribution in [0.1, 0.15) is 38.7 Å². The van der Waals surface area contributed by atoms with E-state index in [0.717, 1.165) is 38.2 Å². The van der Waals surface area contributed by atoms with E-state index in [1.165, 1.54) is 20.8 Å². The molecule has 154 valence electrons. The highest BCUT2D eigenvalue weighted by molar-refractivity contribution is 5.98. The number of likely N-dealkylation sites (tertiary alicyclic amines) is 1. The number of piperazine rings is 1. The number of nitrogens with zero attached hydrogens (tertiary/aromatic N) is 1. The molecule has 0 radical (unpaired) electrons. The number of piperidine rings is 1. The Labute approximate surface area is 166 Å². The van der Waals surface area contributed by atoms with Crippen LogP contribution in [0.4, 0.5) is 4.39 Å². The van der Waals surface area contributed by atoms with E-state index in [9.17, 15) is 14.0 Å². The zero-order valence-electron chi connectivity index (χ0n) is 17.1. The maximum atomic E-state index is 13.6. The Hall–Kier alpha value is -1.99. The smallest absolute Gasteiger partial charge is 0.234 e. The van der Waals surface area contributed by atoms with Crippen LogP contribution in [-0.2, 0) is 16.1 Å². The van der Waals surface area contributed by atoms with Crippen molar-refractivity contribution in [2.45, 2.75) is 39.7 Å². The van der Waals surface area contributed by atoms with Gasteiger partial charge in [0.15, 0.2) is 6.67 Å². The zero-order valence-corrected chi connectivity index (χ0v) is 17.1. The molecule has 2 heterocycles. The van der Waals surface area contributed by atoms with Crippen molar-refractivity contribution in [1.29, 1.82) is 0 Å². The second-order valence-corrected chi connectivity index (χ2v) is 8.52. The summed E-state index contributed by atoms with van der Waals surface area (Å²) in [5.74, 6) is 0.396. The monoisotopic (exact) mass is 393 g/mol. The quantitative estimate of drug-likeness (QED) is 0.649. The SMILES string of the molecule is CCC1(C)CC(=O)N(C[NH+]2CC[NH+](Cc3cc(F)ccc3OC)CC2)C(=O)C1. The molecule has 7 heteroatoms. The van der Waals surface area contributed by atoms with Crippen LogP contribution >= 0.6 is 0 Å². The van der Waals surface area contributed by atoms with E-state index in [0.29, 0.717) is 31.8 Å². The third kappa shape index (κ3) is 4.70. The van der Waals surface area contributed by atoms with Gasteiger partial charge >= 0.3 is 0 Å². The molecule has 0 spiro atoms. The van der Waals surface area contributed by atoms with Crippen molar-refractivity contribution in [2.75, 3.05) is 40.0 Å². The average molecular weight is 394 g/mol. The predicted octanol–water partition coefficient (Wildman–Crippen LogP) is -0.359. The lowest BCUT2D eigenvalue weighted by Gasteiger charge is -2.38. The first-order chi connectivity index (χ1) is 13.3. The van der Waals surface area contributed by atoms with Gasteiger partial charge in [-0.15, -0.1) is 0 Å². The molecule has 2 amide bonds. The summed E-state index contributed by atoms with van der Waals surface area (Å²) in [6.45, 7) is 8.84. The summed E-state index contributed by atoms with van der Waals surface area (Å²) in [6.07, 6.45) is 1.76. The minimum absolute atomic E-state index is 0.0348. The molecule has 2 aliphatic rings. The van der Waals surface area contributed by atoms with Crippen LogP contribution in [-0.4, -0.2) is 56.7 Å². The summed E-state index contributed by atoms with van der Waals surface area (Å²) >= 11 is 0. The molecule has 1 aromatic rings. The molecule has 3 rings (SSSR count). The van der Waals surface area contributed by atoms with E-state index in [-0.39, 0.29) is 23.0 Å². The van der Waals surface area contributed by atoms with Crippen molar-refractivity contribution in [1.82, 2.24) is 4.90 Å². The van der Waals surface area contributed by atoms with Crippen LogP contribution < -0.4 is 14.5 Å². The van der Waals surface area contributed by atoms with E-state index in [2.05, 4.69) is 0 Å². The number of halogens is 1. The highest BCUT2D eigenvalue weighted by atomic mass is 19.1. The largest absolute Gasteiger partial charge is 0.496 e. The molecule has 0 aromatic heterocycles. The van der Waals surface area contributed by atoms with Gasteiger partial charge in [-0.25, -0.2) is 9.29 Å². The van der Waals surface area contributed by atoms with Gasteiger partial charge in [0.25, 0.3) is 0 Å². The van der Waals surface area contributed by atoms with Gasteiger partial charge < -0.3 is 14.5 Å². The topological polar surface area (TPSA) is 55.5 Å². The third-order valence-corrected chi connectivity index (χ3v) is 6.34. The number of benzene rings is 1. The Bertz CT molecular complexity index is 714. The molecule has 2 saturated heterocycles. The van der Waals surface area contributed by atoms with Crippen molar-refractivity contribution in [3.8, 4) is 5.75 Å². The predicted molar refractivity (Wildman–Crippen MR) is 102 cm³/mol. The van der Waals surface area contributed by atoms with Gasteiger partial charge in [0.1, 0.15) is 44.3 Å². The maximum Gasteiger partial charge on any atom is 0.234 e. The van der Waals surface area contributed by atoms with E-state index in [4.69, 9.17) is 4.74 Å². The standard InChI is InChI=1S/C21H30FN3O3/c1-4-21(2)12-19(26)25(20(27)13-21)15-24-9-7-23(8-10-24)14-16-11-17(22)5-6-18(16)28-3/h5-6,11H,4,7-10,12-15H2,1-3H3/p+2. The number of ether oxygens (including phenoxy) is 1. The summed E-state index contributed by atoms with van der Waals surface area (Å²) in [6, 6.07) is 4.63. The number of nitrogens with one attached hydrogen (secondary N) is 2. The molecule has 2 fully saturated rings. The Balaban J connectivity index is 1.53. The Morgan fingerprint density at radius 2 is 1.71 bits per heavy atom. The molecule has 1 aromatic carbocycles. The molecule has 6 nitrogen and oxygen atoms in total. The molecule has 2 aliphatic heterocycles. The van der Waals surface area contributed by atoms with Crippen LogP contribution in [0.25, 0.3) is 0 Å². The molecular formula is C21H32FN3O3+2. The fraction of sp³-hybridized carbons (Fsp3) is 0.619. The number of methoxy groups -OCH3 is 1. The molecular weight excluding hydrogens is 361 g/mol. The summed E-state index contributed by atoms with van der Waals surface area (Å²) < 4.78 is 18.9. The number of rotatable bonds is 6. The normalized spacial score (nSPS) is 25.1. The van der Waals surface area contributed by atoms with Crippen molar-refractivity contribution in [3.63, 3.8) is 0 Å². The van der Waals surface area contributed by atoms with Gasteiger partial charge in [-0.2, -0.15) is 0 Å². The second-order valence-electron chi connectivity index (χ2n) is 8.52. The highest BCUT2D eigenvalue weighted by Crippen LogP contribution is 2.34. The first kappa shape index (κ1) is 20.7. The molecule has 0 aliphatic carbocycles. The summed E-state index contributed by atoms with van der Waals surface area (Å²) in [7, 11) is 1.60. The Kier molecular flexibility index (Phi) is 6.35. The van der Waals surface area contributed by atoms with Gasteiger partial charge in [-0.05, 0) is 30.0 Å². The number of hydrogen-bond donors (Lipinski definition) is 2. The van der Waals surface area contributed by atoms with Crippen molar-refractivity contribution >= 4 is 11.8 Å². The minimum Gasteiger partial charge on any atom is -0.496 e. The summed E-state index contributed by atoms with van der Waals surface area (Å²) in [4.78, 5) is 29.1. The van der Waals surface area contributed by atoms with Crippen LogP contribution in [0.2, 0.25) is 0 Å². The number of carbonyl (C=O) groups is 2. The zero-order chi connectivity index (χ0) is 20.3. The van der Waals surface area contributed by atoms with Crippen LogP contribution in [0.3, 0.4) is 0 Å². The second kappa shape index (κ2) is 8.57. The lowest BCUT2D eigenvalue weighted by molar-refractivity contribution is -1.02. The first-order valence-corrected chi connectivity index (χ1v) is 10.2. The number of carbonyl (C=O) groups excluding carboxylic acids is 2. The maximum absolute atomic E-state index is 13.6. The molecule has 0 atom stereocenters. The van der Waals surface area contributed by atoms with E-state index in [1.54, 1.807) is 19.2 Å². The third-order valence-electron chi connectivity index (χ3n) is 6.34. The molecule has 0 bridgehead atoms. The van der Waals surface area contributed by atoms with Gasteiger partial charge in [0, 0.05) is 12.8 Å². The minimum atomic E-state index is -0.249. The molecule has 0 unspecified atom stereocenters. The van der Waals surface area contributed by atoms with E-state index < -0.39 is 0 Å². The Morgan fingerprint density at radius 3 is 2.29 bits per heavy atom. The van der Waals surface area contributed by atoms with Crippen molar-refractivity contribution in [2.24, 2.45) is 5.41 Å². The van der Waals surface area contributed by atoms with Gasteiger partial charge in [0.05, 0.1) is 12.7 Å². The van der Waals surface area contributed by atoms with Gasteiger partial charge in [-0.1, -0.05) is 13.8 Å². The fourth-order valence-electron chi connectivity index (χ4n) is 4.22. The average Bonchev–Trinajstić information content (AvgIpc) is 2.66. The lowest BCUT2D eigenvalue weighted by atomic mass is 9.77. The number of hydrogen-bond acceptors (Lipinski definition) is 3. The number of quaternary nitrogens is 2. The Morgan fingerprint density at radius 1 is 1.11 bits per heavy atom. The van der Waals surface area contributed by atoms with Crippen LogP contribution in [0.15, 0.2) is 18.2 Å². The van der Waals surface area contributed by atoms with Crippen LogP contribution in [0, 0.1) is 11.2 Å². The molecule has 0 saturated carbocycles. The molecule has 28 heavy (non-hydrogen) atoms. The van der Waals surface area contributed by atoms with Crippen molar-refractivity contribution in [3.05, 3.63) is 29.6 Å². The van der Waals surface area contributed by atoms with E-state index in [1.807, 2.05) is 13.8 Å². The summed E-state index contributed by atoms with van der Waals surface area (Å²) in [5, 5.41) is 0. The molecule has 2 N–H and O–H groups in total. The van der Waals surface area contributed by atoms with Crippen LogP contribution in [0.5, 0.6) is 5.75 Å². The number of imide groups is 1. The number of amides is 2. The van der Waals surface area contributed by atoms with Gasteiger partial charge in [-0.3, -0.25) is 9.59 Å². The van der Waals surface area contributed by atoms with Gasteiger partial charge in [0.2, 0.25) is 11.8 Å². The first-order valence-electron chi connectivity index (χ1n) is 10.2. The lowest BCUT2D eigenvalue weighted by Crippen LogP contribution is -3.28. The highest BCUT2D eigenvalue weighted by Gasteiger charge is 2.41. The van der Waals surface area contributed by atoms with Crippen molar-refractivity contribution < 1.29 is 28.5 Å².